The molecule has 0 spiro atoms. The van der Waals surface area contributed by atoms with Crippen molar-refractivity contribution in [3.8, 4) is 0 Å². The van der Waals surface area contributed by atoms with Gasteiger partial charge < -0.3 is 10.2 Å². The van der Waals surface area contributed by atoms with E-state index >= 15 is 0 Å². The molecule has 2 aromatic rings. The van der Waals surface area contributed by atoms with E-state index in [-0.39, 0.29) is 17.7 Å². The smallest absolute Gasteiger partial charge is 0.126 e. The maximum absolute atomic E-state index is 13.5. The molecule has 2 aromatic carbocycles. The zero-order valence-electron chi connectivity index (χ0n) is 19.6. The van der Waals surface area contributed by atoms with E-state index in [9.17, 15) is 19.0 Å². The van der Waals surface area contributed by atoms with E-state index in [0.717, 1.165) is 31.7 Å². The Labute approximate surface area is 191 Å². The SMILES string of the molecule is CC(C)(C)c1cccc(C2(N(CO)CC(O)CCc3cc(F)cc(F)c3)CCCCC2)c1. The molecule has 1 fully saturated rings. The lowest BCUT2D eigenvalue weighted by molar-refractivity contribution is -0.0482. The first-order valence-corrected chi connectivity index (χ1v) is 11.7. The number of rotatable bonds is 8. The largest absolute Gasteiger partial charge is 0.392 e. The maximum atomic E-state index is 13.5. The Morgan fingerprint density at radius 3 is 2.25 bits per heavy atom. The Balaban J connectivity index is 1.79. The molecule has 32 heavy (non-hydrogen) atoms. The first kappa shape index (κ1) is 24.8. The molecule has 1 atom stereocenters. The fourth-order valence-corrected chi connectivity index (χ4v) is 5.00. The standard InChI is InChI=1S/C27H37F2NO2/c1-26(2,3)21-8-7-9-22(16-21)27(12-5-4-6-13-27)30(19-31)18-25(32)11-10-20-14-23(28)17-24(29)15-20/h7-9,14-17,25,31-32H,4-6,10-13,18-19H2,1-3H3. The number of benzene rings is 2. The molecule has 1 aliphatic rings. The summed E-state index contributed by atoms with van der Waals surface area (Å²) < 4.78 is 26.9. The van der Waals surface area contributed by atoms with Crippen molar-refractivity contribution in [3.63, 3.8) is 0 Å². The quantitative estimate of drug-likeness (QED) is 0.515. The average Bonchev–Trinajstić information content (AvgIpc) is 2.75. The van der Waals surface area contributed by atoms with Crippen LogP contribution in [0.4, 0.5) is 8.78 Å². The molecular formula is C27H37F2NO2. The van der Waals surface area contributed by atoms with Gasteiger partial charge >= 0.3 is 0 Å². The highest BCUT2D eigenvalue weighted by Gasteiger charge is 2.40. The van der Waals surface area contributed by atoms with Crippen LogP contribution >= 0.6 is 0 Å². The first-order chi connectivity index (χ1) is 15.1. The molecule has 0 radical (unpaired) electrons. The van der Waals surface area contributed by atoms with Crippen molar-refractivity contribution in [3.05, 3.63) is 70.8 Å². The van der Waals surface area contributed by atoms with E-state index in [2.05, 4.69) is 45.0 Å². The minimum atomic E-state index is -0.710. The topological polar surface area (TPSA) is 43.7 Å². The number of hydrogen-bond acceptors (Lipinski definition) is 3. The summed E-state index contributed by atoms with van der Waals surface area (Å²) in [5, 5.41) is 21.1. The van der Waals surface area contributed by atoms with E-state index in [1.807, 2.05) is 4.90 Å². The molecule has 0 aliphatic heterocycles. The van der Waals surface area contributed by atoms with Gasteiger partial charge in [-0.2, -0.15) is 0 Å². The van der Waals surface area contributed by atoms with Gasteiger partial charge in [-0.05, 0) is 59.9 Å². The Hall–Kier alpha value is -1.82. The highest BCUT2D eigenvalue weighted by molar-refractivity contribution is 5.34. The van der Waals surface area contributed by atoms with Crippen molar-refractivity contribution in [2.45, 2.75) is 82.8 Å². The number of aliphatic hydroxyl groups excluding tert-OH is 2. The number of hydrogen-bond donors (Lipinski definition) is 2. The molecule has 1 saturated carbocycles. The first-order valence-electron chi connectivity index (χ1n) is 11.7. The molecule has 176 valence electrons. The third-order valence-electron chi connectivity index (χ3n) is 6.84. The van der Waals surface area contributed by atoms with Gasteiger partial charge in [0.25, 0.3) is 0 Å². The summed E-state index contributed by atoms with van der Waals surface area (Å²) in [5.74, 6) is -1.21. The van der Waals surface area contributed by atoms with E-state index < -0.39 is 17.7 Å². The fourth-order valence-electron chi connectivity index (χ4n) is 5.00. The van der Waals surface area contributed by atoms with E-state index in [1.54, 1.807) is 0 Å². The molecule has 1 aliphatic carbocycles. The minimum absolute atomic E-state index is 0.0235. The molecule has 1 unspecified atom stereocenters. The summed E-state index contributed by atoms with van der Waals surface area (Å²) in [6, 6.07) is 12.1. The van der Waals surface area contributed by atoms with Crippen molar-refractivity contribution < 1.29 is 19.0 Å². The van der Waals surface area contributed by atoms with Crippen LogP contribution < -0.4 is 0 Å². The van der Waals surface area contributed by atoms with E-state index in [0.29, 0.717) is 24.9 Å². The summed E-state index contributed by atoms with van der Waals surface area (Å²) in [6.45, 7) is 6.76. The van der Waals surface area contributed by atoms with Crippen LogP contribution in [0.15, 0.2) is 42.5 Å². The Bertz CT molecular complexity index is 867. The summed E-state index contributed by atoms with van der Waals surface area (Å²) in [4.78, 5) is 2.00. The average molecular weight is 446 g/mol. The molecule has 5 heteroatoms. The van der Waals surface area contributed by atoms with Crippen LogP contribution in [0.25, 0.3) is 0 Å². The van der Waals surface area contributed by atoms with Crippen molar-refractivity contribution in [2.75, 3.05) is 13.3 Å². The van der Waals surface area contributed by atoms with Crippen LogP contribution in [0, 0.1) is 11.6 Å². The summed E-state index contributed by atoms with van der Waals surface area (Å²) in [6.07, 6.45) is 5.24. The number of aliphatic hydroxyl groups is 2. The predicted octanol–water partition coefficient (Wildman–Crippen LogP) is 5.67. The van der Waals surface area contributed by atoms with Gasteiger partial charge in [-0.25, -0.2) is 8.78 Å². The van der Waals surface area contributed by atoms with Crippen LogP contribution in [0.3, 0.4) is 0 Å². The highest BCUT2D eigenvalue weighted by Crippen LogP contribution is 2.43. The van der Waals surface area contributed by atoms with Gasteiger partial charge in [0.1, 0.15) is 11.6 Å². The van der Waals surface area contributed by atoms with Gasteiger partial charge in [-0.3, -0.25) is 4.90 Å². The minimum Gasteiger partial charge on any atom is -0.392 e. The van der Waals surface area contributed by atoms with E-state index in [4.69, 9.17) is 0 Å². The summed E-state index contributed by atoms with van der Waals surface area (Å²) in [5.41, 5.74) is 2.68. The third kappa shape index (κ3) is 5.94. The Morgan fingerprint density at radius 1 is 1.00 bits per heavy atom. The second kappa shape index (κ2) is 10.4. The van der Waals surface area contributed by atoms with Crippen LogP contribution in [0.1, 0.15) is 76.0 Å². The second-order valence-corrected chi connectivity index (χ2v) is 10.3. The lowest BCUT2D eigenvalue weighted by atomic mass is 9.73. The molecule has 3 nitrogen and oxygen atoms in total. The second-order valence-electron chi connectivity index (χ2n) is 10.3. The molecule has 3 rings (SSSR count). The van der Waals surface area contributed by atoms with Crippen LogP contribution in [0.5, 0.6) is 0 Å². The van der Waals surface area contributed by atoms with Crippen molar-refractivity contribution in [1.82, 2.24) is 4.90 Å². The molecule has 0 aromatic heterocycles. The summed E-state index contributed by atoms with van der Waals surface area (Å²) >= 11 is 0. The van der Waals surface area contributed by atoms with Crippen molar-refractivity contribution in [1.29, 1.82) is 0 Å². The van der Waals surface area contributed by atoms with Gasteiger partial charge in [0.05, 0.1) is 12.8 Å². The molecule has 0 bridgehead atoms. The molecular weight excluding hydrogens is 408 g/mol. The Morgan fingerprint density at radius 2 is 1.66 bits per heavy atom. The van der Waals surface area contributed by atoms with Gasteiger partial charge in [0, 0.05) is 18.2 Å². The Kier molecular flexibility index (Phi) is 8.07. The normalized spacial score (nSPS) is 17.5. The molecule has 0 heterocycles. The fraction of sp³-hybridized carbons (Fsp3) is 0.556. The predicted molar refractivity (Wildman–Crippen MR) is 124 cm³/mol. The molecule has 0 amide bonds. The van der Waals surface area contributed by atoms with Gasteiger partial charge in [0.15, 0.2) is 0 Å². The lowest BCUT2D eigenvalue weighted by Gasteiger charge is -2.47. The van der Waals surface area contributed by atoms with E-state index in [1.165, 1.54) is 29.7 Å². The highest BCUT2D eigenvalue weighted by atomic mass is 19.1. The lowest BCUT2D eigenvalue weighted by Crippen LogP contribution is -2.51. The molecule has 2 N–H and O–H groups in total. The maximum Gasteiger partial charge on any atom is 0.126 e. The zero-order valence-corrected chi connectivity index (χ0v) is 19.6. The number of nitrogens with zero attached hydrogens (tertiary/aromatic N) is 1. The van der Waals surface area contributed by atoms with Crippen LogP contribution in [-0.4, -0.2) is 34.5 Å². The zero-order chi connectivity index (χ0) is 23.4. The number of halogens is 2. The van der Waals surface area contributed by atoms with Crippen molar-refractivity contribution >= 4 is 0 Å². The van der Waals surface area contributed by atoms with Gasteiger partial charge in [-0.15, -0.1) is 0 Å². The monoisotopic (exact) mass is 445 g/mol. The van der Waals surface area contributed by atoms with Gasteiger partial charge in [0.2, 0.25) is 0 Å². The number of aryl methyl sites for hydroxylation is 1. The van der Waals surface area contributed by atoms with Crippen LogP contribution in [0.2, 0.25) is 0 Å². The van der Waals surface area contributed by atoms with Crippen LogP contribution in [-0.2, 0) is 17.4 Å². The molecule has 0 saturated heterocycles. The third-order valence-corrected chi connectivity index (χ3v) is 6.84. The van der Waals surface area contributed by atoms with Crippen molar-refractivity contribution in [2.24, 2.45) is 0 Å². The summed E-state index contributed by atoms with van der Waals surface area (Å²) in [7, 11) is 0. The van der Waals surface area contributed by atoms with Gasteiger partial charge in [-0.1, -0.05) is 64.3 Å².